The zero-order valence-corrected chi connectivity index (χ0v) is 11.7. The molecule has 0 saturated carbocycles. The van der Waals surface area contributed by atoms with Crippen LogP contribution in [0.5, 0.6) is 0 Å². The molecular formula is C14H22N4O. The van der Waals surface area contributed by atoms with Crippen molar-refractivity contribution in [2.75, 3.05) is 6.54 Å². The first-order valence-electron chi connectivity index (χ1n) is 7.21. The molecule has 1 aromatic rings. The van der Waals surface area contributed by atoms with Crippen LogP contribution in [0.25, 0.3) is 0 Å². The molecule has 104 valence electrons. The van der Waals surface area contributed by atoms with Crippen molar-refractivity contribution in [3.8, 4) is 0 Å². The van der Waals surface area contributed by atoms with Gasteiger partial charge in [0.05, 0.1) is 11.4 Å². The molecular weight excluding hydrogens is 240 g/mol. The summed E-state index contributed by atoms with van der Waals surface area (Å²) >= 11 is 0. The summed E-state index contributed by atoms with van der Waals surface area (Å²) in [6.07, 6.45) is 4.82. The SMILES string of the molecule is CC1=NOC(CNC(C)c2cc3n(n2)CCCC3)C1. The Morgan fingerprint density at radius 1 is 1.53 bits per heavy atom. The summed E-state index contributed by atoms with van der Waals surface area (Å²) in [5.74, 6) is 0. The normalized spacial score (nSPS) is 23.7. The van der Waals surface area contributed by atoms with Crippen LogP contribution < -0.4 is 5.32 Å². The van der Waals surface area contributed by atoms with E-state index < -0.39 is 0 Å². The maximum absolute atomic E-state index is 5.33. The van der Waals surface area contributed by atoms with E-state index in [9.17, 15) is 0 Å². The Balaban J connectivity index is 1.55. The van der Waals surface area contributed by atoms with E-state index in [1.54, 1.807) is 0 Å². The first kappa shape index (κ1) is 12.7. The lowest BCUT2D eigenvalue weighted by Crippen LogP contribution is -2.29. The third-order valence-corrected chi connectivity index (χ3v) is 3.91. The number of fused-ring (bicyclic) bond motifs is 1. The first-order valence-corrected chi connectivity index (χ1v) is 7.21. The molecule has 5 nitrogen and oxygen atoms in total. The molecule has 5 heteroatoms. The molecule has 2 aliphatic heterocycles. The third kappa shape index (κ3) is 2.81. The van der Waals surface area contributed by atoms with Crippen LogP contribution in [0, 0.1) is 0 Å². The molecule has 0 aliphatic carbocycles. The van der Waals surface area contributed by atoms with Crippen molar-refractivity contribution in [1.29, 1.82) is 0 Å². The van der Waals surface area contributed by atoms with Gasteiger partial charge in [0.2, 0.25) is 0 Å². The monoisotopic (exact) mass is 262 g/mol. The Labute approximate surface area is 114 Å². The summed E-state index contributed by atoms with van der Waals surface area (Å²) in [7, 11) is 0. The highest BCUT2D eigenvalue weighted by Gasteiger charge is 2.20. The number of hydrogen-bond acceptors (Lipinski definition) is 4. The van der Waals surface area contributed by atoms with Crippen LogP contribution in [0.2, 0.25) is 0 Å². The zero-order chi connectivity index (χ0) is 13.2. The minimum Gasteiger partial charge on any atom is -0.391 e. The highest BCUT2D eigenvalue weighted by atomic mass is 16.6. The fraction of sp³-hybridized carbons (Fsp3) is 0.714. The Hall–Kier alpha value is -1.36. The highest BCUT2D eigenvalue weighted by Crippen LogP contribution is 2.19. The molecule has 0 spiro atoms. The predicted octanol–water partition coefficient (Wildman–Crippen LogP) is 2.03. The van der Waals surface area contributed by atoms with Crippen LogP contribution in [0.4, 0.5) is 0 Å². The standard InChI is InChI=1S/C14H22N4O/c1-10-7-13(19-17-10)9-15-11(2)14-8-12-5-3-4-6-18(12)16-14/h8,11,13,15H,3-7,9H2,1-2H3. The summed E-state index contributed by atoms with van der Waals surface area (Å²) in [5.41, 5.74) is 3.61. The molecule has 1 N–H and O–H groups in total. The molecule has 0 fully saturated rings. The van der Waals surface area contributed by atoms with E-state index in [2.05, 4.69) is 28.1 Å². The zero-order valence-electron chi connectivity index (χ0n) is 11.7. The van der Waals surface area contributed by atoms with Crippen molar-refractivity contribution in [3.05, 3.63) is 17.5 Å². The molecule has 2 atom stereocenters. The lowest BCUT2D eigenvalue weighted by Gasteiger charge is -2.14. The van der Waals surface area contributed by atoms with E-state index in [1.807, 2.05) is 6.92 Å². The van der Waals surface area contributed by atoms with E-state index in [4.69, 9.17) is 9.94 Å². The van der Waals surface area contributed by atoms with Gasteiger partial charge in [-0.3, -0.25) is 4.68 Å². The predicted molar refractivity (Wildman–Crippen MR) is 74.2 cm³/mol. The Bertz CT molecular complexity index is 456. The summed E-state index contributed by atoms with van der Waals surface area (Å²) in [6.45, 7) is 6.06. The van der Waals surface area contributed by atoms with Crippen LogP contribution in [0.3, 0.4) is 0 Å². The van der Waals surface area contributed by atoms with Gasteiger partial charge in [-0.05, 0) is 39.2 Å². The van der Waals surface area contributed by atoms with Crippen molar-refractivity contribution in [3.63, 3.8) is 0 Å². The van der Waals surface area contributed by atoms with Gasteiger partial charge in [-0.25, -0.2) is 0 Å². The smallest absolute Gasteiger partial charge is 0.145 e. The number of oxime groups is 1. The van der Waals surface area contributed by atoms with Crippen LogP contribution in [-0.2, 0) is 17.8 Å². The molecule has 0 aromatic carbocycles. The second-order valence-electron chi connectivity index (χ2n) is 5.63. The fourth-order valence-corrected chi connectivity index (χ4v) is 2.74. The number of aromatic nitrogens is 2. The van der Waals surface area contributed by atoms with Crippen molar-refractivity contribution >= 4 is 5.71 Å². The first-order chi connectivity index (χ1) is 9.22. The van der Waals surface area contributed by atoms with Crippen molar-refractivity contribution in [2.24, 2.45) is 5.16 Å². The quantitative estimate of drug-likeness (QED) is 0.903. The van der Waals surface area contributed by atoms with Crippen LogP contribution in [0.15, 0.2) is 11.2 Å². The lowest BCUT2D eigenvalue weighted by molar-refractivity contribution is 0.0830. The summed E-state index contributed by atoms with van der Waals surface area (Å²) < 4.78 is 2.16. The molecule has 1 aromatic heterocycles. The average Bonchev–Trinajstić information content (AvgIpc) is 3.01. The van der Waals surface area contributed by atoms with E-state index in [1.165, 1.54) is 25.0 Å². The largest absolute Gasteiger partial charge is 0.391 e. The third-order valence-electron chi connectivity index (χ3n) is 3.91. The van der Waals surface area contributed by atoms with Gasteiger partial charge >= 0.3 is 0 Å². The second kappa shape index (κ2) is 5.33. The molecule has 3 rings (SSSR count). The summed E-state index contributed by atoms with van der Waals surface area (Å²) in [5, 5.41) is 12.2. The van der Waals surface area contributed by atoms with Gasteiger partial charge in [0, 0.05) is 31.2 Å². The second-order valence-corrected chi connectivity index (χ2v) is 5.63. The number of rotatable bonds is 4. The summed E-state index contributed by atoms with van der Waals surface area (Å²) in [4.78, 5) is 5.33. The summed E-state index contributed by atoms with van der Waals surface area (Å²) in [6, 6.07) is 2.51. The van der Waals surface area contributed by atoms with Crippen molar-refractivity contribution in [1.82, 2.24) is 15.1 Å². The van der Waals surface area contributed by atoms with Gasteiger partial charge in [0.15, 0.2) is 0 Å². The molecule has 0 bridgehead atoms. The molecule has 19 heavy (non-hydrogen) atoms. The lowest BCUT2D eigenvalue weighted by atomic mass is 10.1. The van der Waals surface area contributed by atoms with Gasteiger partial charge in [-0.1, -0.05) is 5.16 Å². The van der Waals surface area contributed by atoms with Crippen molar-refractivity contribution in [2.45, 2.75) is 58.2 Å². The van der Waals surface area contributed by atoms with Crippen LogP contribution in [0.1, 0.15) is 50.5 Å². The van der Waals surface area contributed by atoms with E-state index in [0.29, 0.717) is 0 Å². The van der Waals surface area contributed by atoms with Crippen LogP contribution in [-0.4, -0.2) is 28.1 Å². The molecule has 2 unspecified atom stereocenters. The van der Waals surface area contributed by atoms with Crippen molar-refractivity contribution < 1.29 is 4.84 Å². The van der Waals surface area contributed by atoms with E-state index in [0.717, 1.165) is 30.9 Å². The van der Waals surface area contributed by atoms with Gasteiger partial charge in [0.1, 0.15) is 6.10 Å². The Morgan fingerprint density at radius 2 is 2.42 bits per heavy atom. The minimum atomic E-state index is 0.180. The Kier molecular flexibility index (Phi) is 3.55. The minimum absolute atomic E-state index is 0.180. The molecule has 3 heterocycles. The van der Waals surface area contributed by atoms with Gasteiger partial charge in [0.25, 0.3) is 0 Å². The number of nitrogens with one attached hydrogen (secondary N) is 1. The average molecular weight is 262 g/mol. The maximum Gasteiger partial charge on any atom is 0.145 e. The molecule has 0 radical (unpaired) electrons. The molecule has 0 amide bonds. The highest BCUT2D eigenvalue weighted by molar-refractivity contribution is 5.82. The van der Waals surface area contributed by atoms with Gasteiger partial charge in [-0.2, -0.15) is 5.10 Å². The number of aryl methyl sites for hydroxylation is 2. The van der Waals surface area contributed by atoms with Gasteiger partial charge in [-0.15, -0.1) is 0 Å². The van der Waals surface area contributed by atoms with E-state index in [-0.39, 0.29) is 12.1 Å². The number of hydrogen-bond donors (Lipinski definition) is 1. The van der Waals surface area contributed by atoms with Gasteiger partial charge < -0.3 is 10.2 Å². The molecule has 0 saturated heterocycles. The Morgan fingerprint density at radius 3 is 3.16 bits per heavy atom. The number of nitrogens with zero attached hydrogens (tertiary/aromatic N) is 3. The topological polar surface area (TPSA) is 51.4 Å². The van der Waals surface area contributed by atoms with Crippen LogP contribution >= 0.6 is 0 Å². The maximum atomic E-state index is 5.33. The fourth-order valence-electron chi connectivity index (χ4n) is 2.74. The van der Waals surface area contributed by atoms with E-state index >= 15 is 0 Å². The molecule has 2 aliphatic rings.